The number of ether oxygens (including phenoxy) is 2. The summed E-state index contributed by atoms with van der Waals surface area (Å²) in [7, 11) is 3.08. The van der Waals surface area contributed by atoms with Gasteiger partial charge in [-0.2, -0.15) is 0 Å². The molecule has 1 aromatic carbocycles. The van der Waals surface area contributed by atoms with Crippen LogP contribution >= 0.6 is 0 Å². The molecule has 2 rings (SSSR count). The van der Waals surface area contributed by atoms with E-state index in [-0.39, 0.29) is 18.9 Å². The minimum Gasteiger partial charge on any atom is -0.497 e. The number of amides is 1. The molecule has 20 heavy (non-hydrogen) atoms. The van der Waals surface area contributed by atoms with Crippen molar-refractivity contribution in [1.82, 2.24) is 4.90 Å². The summed E-state index contributed by atoms with van der Waals surface area (Å²) in [5.74, 6) is 0.119. The van der Waals surface area contributed by atoms with Gasteiger partial charge in [0.05, 0.1) is 20.8 Å². The topological polar surface area (TPSA) is 76.1 Å². The molecular formula is C14H17NO5. The van der Waals surface area contributed by atoms with Crippen molar-refractivity contribution in [1.29, 1.82) is 0 Å². The molecule has 1 aliphatic heterocycles. The molecule has 6 nitrogen and oxygen atoms in total. The highest BCUT2D eigenvalue weighted by Crippen LogP contribution is 2.28. The molecule has 1 atom stereocenters. The second-order valence-electron chi connectivity index (χ2n) is 4.59. The molecule has 108 valence electrons. The average molecular weight is 279 g/mol. The number of carbonyl (C=O) groups excluding carboxylic acids is 1. The van der Waals surface area contributed by atoms with Crippen LogP contribution in [0.4, 0.5) is 0 Å². The number of hydrogen-bond donors (Lipinski definition) is 1. The van der Waals surface area contributed by atoms with Crippen molar-refractivity contribution in [2.24, 2.45) is 0 Å². The summed E-state index contributed by atoms with van der Waals surface area (Å²) >= 11 is 0. The van der Waals surface area contributed by atoms with E-state index in [9.17, 15) is 9.59 Å². The van der Waals surface area contributed by atoms with Crippen LogP contribution in [0.2, 0.25) is 0 Å². The molecule has 1 aromatic rings. The van der Waals surface area contributed by atoms with Crippen LogP contribution < -0.4 is 9.47 Å². The maximum Gasteiger partial charge on any atom is 0.326 e. The normalized spacial score (nSPS) is 18.2. The molecule has 1 amide bonds. The molecule has 0 aliphatic carbocycles. The Morgan fingerprint density at radius 1 is 1.40 bits per heavy atom. The highest BCUT2D eigenvalue weighted by molar-refractivity contribution is 5.87. The highest BCUT2D eigenvalue weighted by Gasteiger charge is 2.36. The van der Waals surface area contributed by atoms with Gasteiger partial charge in [-0.1, -0.05) is 0 Å². The van der Waals surface area contributed by atoms with Crippen LogP contribution in [0.25, 0.3) is 0 Å². The van der Waals surface area contributed by atoms with Crippen molar-refractivity contribution in [3.05, 3.63) is 23.8 Å². The van der Waals surface area contributed by atoms with E-state index in [1.165, 1.54) is 12.0 Å². The Kier molecular flexibility index (Phi) is 4.12. The van der Waals surface area contributed by atoms with Crippen molar-refractivity contribution in [3.63, 3.8) is 0 Å². The Hall–Kier alpha value is -2.24. The zero-order valence-electron chi connectivity index (χ0n) is 11.5. The molecule has 1 saturated heterocycles. The number of carbonyl (C=O) groups is 2. The van der Waals surface area contributed by atoms with Gasteiger partial charge in [0.25, 0.3) is 0 Å². The van der Waals surface area contributed by atoms with Crippen molar-refractivity contribution in [2.45, 2.75) is 25.4 Å². The summed E-state index contributed by atoms with van der Waals surface area (Å²) in [6.45, 7) is 0.205. The first-order chi connectivity index (χ1) is 9.56. The number of rotatable bonds is 5. The van der Waals surface area contributed by atoms with Crippen LogP contribution in [-0.4, -0.2) is 42.1 Å². The molecule has 0 unspecified atom stereocenters. The minimum atomic E-state index is -0.974. The third-order valence-corrected chi connectivity index (χ3v) is 3.44. The standard InChI is InChI=1S/C14H17NO5/c1-19-10-3-5-12(20-2)9(7-10)8-15-11(14(17)18)4-6-13(15)16/h3,5,7,11H,4,6,8H2,1-2H3,(H,17,18)/t11-/m0/s1. The quantitative estimate of drug-likeness (QED) is 0.878. The Balaban J connectivity index is 2.27. The summed E-state index contributed by atoms with van der Waals surface area (Å²) in [5.41, 5.74) is 0.730. The third kappa shape index (κ3) is 2.68. The van der Waals surface area contributed by atoms with E-state index in [0.717, 1.165) is 5.56 Å². The first-order valence-electron chi connectivity index (χ1n) is 6.30. The molecule has 0 spiro atoms. The Labute approximate surface area is 116 Å². The van der Waals surface area contributed by atoms with E-state index in [1.807, 2.05) is 0 Å². The van der Waals surface area contributed by atoms with Gasteiger partial charge >= 0.3 is 5.97 Å². The summed E-state index contributed by atoms with van der Waals surface area (Å²) in [4.78, 5) is 24.4. The lowest BCUT2D eigenvalue weighted by atomic mass is 10.1. The van der Waals surface area contributed by atoms with Gasteiger partial charge in [-0.15, -0.1) is 0 Å². The van der Waals surface area contributed by atoms with Crippen LogP contribution in [0, 0.1) is 0 Å². The maximum absolute atomic E-state index is 11.8. The Morgan fingerprint density at radius 3 is 2.75 bits per heavy atom. The smallest absolute Gasteiger partial charge is 0.326 e. The lowest BCUT2D eigenvalue weighted by Crippen LogP contribution is -2.38. The number of carboxylic acid groups (broad SMARTS) is 1. The second-order valence-corrected chi connectivity index (χ2v) is 4.59. The largest absolute Gasteiger partial charge is 0.497 e. The predicted molar refractivity (Wildman–Crippen MR) is 70.8 cm³/mol. The van der Waals surface area contributed by atoms with Crippen LogP contribution in [0.1, 0.15) is 18.4 Å². The van der Waals surface area contributed by atoms with Crippen LogP contribution in [0.15, 0.2) is 18.2 Å². The van der Waals surface area contributed by atoms with Crippen LogP contribution in [-0.2, 0) is 16.1 Å². The van der Waals surface area contributed by atoms with E-state index in [1.54, 1.807) is 25.3 Å². The lowest BCUT2D eigenvalue weighted by molar-refractivity contribution is -0.146. The van der Waals surface area contributed by atoms with Crippen LogP contribution in [0.5, 0.6) is 11.5 Å². The van der Waals surface area contributed by atoms with Gasteiger partial charge in [-0.05, 0) is 24.6 Å². The van der Waals surface area contributed by atoms with E-state index >= 15 is 0 Å². The SMILES string of the molecule is COc1ccc(OC)c(CN2C(=O)CC[C@H]2C(=O)O)c1. The molecular weight excluding hydrogens is 262 g/mol. The van der Waals surface area contributed by atoms with Gasteiger partial charge in [-0.3, -0.25) is 4.79 Å². The van der Waals surface area contributed by atoms with Gasteiger partial charge < -0.3 is 19.5 Å². The third-order valence-electron chi connectivity index (χ3n) is 3.44. The molecule has 1 aliphatic rings. The van der Waals surface area contributed by atoms with E-state index in [0.29, 0.717) is 17.9 Å². The minimum absolute atomic E-state index is 0.151. The number of carboxylic acids is 1. The summed E-state index contributed by atoms with van der Waals surface area (Å²) in [5, 5.41) is 9.16. The fourth-order valence-electron chi connectivity index (χ4n) is 2.38. The number of aliphatic carboxylic acids is 1. The number of methoxy groups -OCH3 is 2. The van der Waals surface area contributed by atoms with Gasteiger partial charge in [-0.25, -0.2) is 4.79 Å². The van der Waals surface area contributed by atoms with Crippen LogP contribution in [0.3, 0.4) is 0 Å². The zero-order chi connectivity index (χ0) is 14.7. The number of benzene rings is 1. The summed E-state index contributed by atoms with van der Waals surface area (Å²) in [6.07, 6.45) is 0.615. The van der Waals surface area contributed by atoms with Crippen molar-refractivity contribution >= 4 is 11.9 Å². The number of hydrogen-bond acceptors (Lipinski definition) is 4. The highest BCUT2D eigenvalue weighted by atomic mass is 16.5. The predicted octanol–water partition coefficient (Wildman–Crippen LogP) is 1.28. The molecule has 0 aromatic heterocycles. The summed E-state index contributed by atoms with van der Waals surface area (Å²) in [6, 6.07) is 4.48. The number of likely N-dealkylation sites (tertiary alicyclic amines) is 1. The fraction of sp³-hybridized carbons (Fsp3) is 0.429. The molecule has 1 heterocycles. The van der Waals surface area contributed by atoms with Gasteiger partial charge in [0, 0.05) is 12.0 Å². The number of nitrogens with zero attached hydrogens (tertiary/aromatic N) is 1. The monoisotopic (exact) mass is 279 g/mol. The van der Waals surface area contributed by atoms with Crippen molar-refractivity contribution in [3.8, 4) is 11.5 Å². The molecule has 0 bridgehead atoms. The first-order valence-corrected chi connectivity index (χ1v) is 6.30. The Morgan fingerprint density at radius 2 is 2.15 bits per heavy atom. The molecule has 1 N–H and O–H groups in total. The van der Waals surface area contributed by atoms with Gasteiger partial charge in [0.15, 0.2) is 0 Å². The zero-order valence-corrected chi connectivity index (χ0v) is 11.5. The maximum atomic E-state index is 11.8. The van der Waals surface area contributed by atoms with Gasteiger partial charge in [0.1, 0.15) is 17.5 Å². The Bertz CT molecular complexity index is 528. The molecule has 0 saturated carbocycles. The van der Waals surface area contributed by atoms with Crippen molar-refractivity contribution in [2.75, 3.05) is 14.2 Å². The molecule has 1 fully saturated rings. The lowest BCUT2D eigenvalue weighted by Gasteiger charge is -2.23. The average Bonchev–Trinajstić information content (AvgIpc) is 2.80. The van der Waals surface area contributed by atoms with Gasteiger partial charge in [0.2, 0.25) is 5.91 Å². The first kappa shape index (κ1) is 14.2. The van der Waals surface area contributed by atoms with E-state index < -0.39 is 12.0 Å². The molecule has 6 heteroatoms. The van der Waals surface area contributed by atoms with E-state index in [4.69, 9.17) is 14.6 Å². The van der Waals surface area contributed by atoms with Crippen molar-refractivity contribution < 1.29 is 24.2 Å². The van der Waals surface area contributed by atoms with E-state index in [2.05, 4.69) is 0 Å². The fourth-order valence-corrected chi connectivity index (χ4v) is 2.38. The second kappa shape index (κ2) is 5.81. The summed E-state index contributed by atoms with van der Waals surface area (Å²) < 4.78 is 10.4. The molecule has 0 radical (unpaired) electrons.